The van der Waals surface area contributed by atoms with Gasteiger partial charge >= 0.3 is 12.2 Å². The fraction of sp³-hybridized carbons (Fsp3) is 0.300. The van der Waals surface area contributed by atoms with E-state index in [1.807, 2.05) is 45.9 Å². The van der Waals surface area contributed by atoms with E-state index in [-0.39, 0.29) is 29.0 Å². The first kappa shape index (κ1) is 29.4. The lowest BCUT2D eigenvalue weighted by molar-refractivity contribution is -0.154. The molecule has 0 fully saturated rings. The maximum atomic E-state index is 14.5. The van der Waals surface area contributed by atoms with Gasteiger partial charge in [0.2, 0.25) is 5.88 Å². The molecule has 1 N–H and O–H groups in total. The number of aryl methyl sites for hydroxylation is 2. The number of halogens is 4. The molecule has 228 valence electrons. The summed E-state index contributed by atoms with van der Waals surface area (Å²) in [4.78, 5) is 43.0. The summed E-state index contributed by atoms with van der Waals surface area (Å²) in [6.45, 7) is 5.83. The molecule has 44 heavy (non-hydrogen) atoms. The Labute approximate surface area is 254 Å². The summed E-state index contributed by atoms with van der Waals surface area (Å²) < 4.78 is 50.1. The number of hydrogen-bond donors (Lipinski definition) is 1. The van der Waals surface area contributed by atoms with E-state index in [4.69, 9.17) is 26.1 Å². The number of benzene rings is 2. The van der Waals surface area contributed by atoms with Crippen molar-refractivity contribution in [1.29, 1.82) is 0 Å². The molecule has 0 aliphatic carbocycles. The summed E-state index contributed by atoms with van der Waals surface area (Å²) >= 11 is 6.40. The van der Waals surface area contributed by atoms with E-state index in [1.54, 1.807) is 22.8 Å². The molecule has 0 saturated carbocycles. The number of carbonyl (C=O) groups is 2. The molecule has 14 heteroatoms. The van der Waals surface area contributed by atoms with E-state index in [0.29, 0.717) is 33.2 Å². The van der Waals surface area contributed by atoms with Crippen LogP contribution in [0, 0.1) is 13.8 Å². The predicted molar refractivity (Wildman–Crippen MR) is 155 cm³/mol. The van der Waals surface area contributed by atoms with Crippen molar-refractivity contribution in [1.82, 2.24) is 19.5 Å². The van der Waals surface area contributed by atoms with Crippen LogP contribution in [-0.4, -0.2) is 51.2 Å². The lowest BCUT2D eigenvalue weighted by Gasteiger charge is -2.36. The molecule has 0 saturated heterocycles. The van der Waals surface area contributed by atoms with Gasteiger partial charge in [-0.05, 0) is 57.0 Å². The van der Waals surface area contributed by atoms with Gasteiger partial charge in [-0.2, -0.15) is 18.2 Å². The van der Waals surface area contributed by atoms with E-state index in [1.165, 1.54) is 18.2 Å². The van der Waals surface area contributed by atoms with Gasteiger partial charge in [0.15, 0.2) is 17.8 Å². The van der Waals surface area contributed by atoms with E-state index < -0.39 is 36.1 Å². The summed E-state index contributed by atoms with van der Waals surface area (Å²) in [5.41, 5.74) is 1.98. The van der Waals surface area contributed by atoms with Crippen LogP contribution in [0.2, 0.25) is 5.02 Å². The van der Waals surface area contributed by atoms with Gasteiger partial charge in [0.05, 0.1) is 24.1 Å². The molecule has 6 rings (SSSR count). The highest BCUT2D eigenvalue weighted by Crippen LogP contribution is 2.55. The molecule has 1 spiro atoms. The molecule has 2 amide bonds. The average molecular weight is 627 g/mol. The number of methoxy groups -OCH3 is 1. The molecule has 2 aromatic heterocycles. The molecule has 2 aromatic carbocycles. The van der Waals surface area contributed by atoms with Gasteiger partial charge < -0.3 is 19.4 Å². The molecule has 0 radical (unpaired) electrons. The lowest BCUT2D eigenvalue weighted by atomic mass is 9.86. The molecule has 2 aliphatic rings. The minimum absolute atomic E-state index is 0.0103. The minimum Gasteiger partial charge on any atom is -0.480 e. The zero-order valence-corrected chi connectivity index (χ0v) is 25.0. The minimum atomic E-state index is -4.59. The Morgan fingerprint density at radius 1 is 1.09 bits per heavy atom. The number of hydrogen-bond acceptors (Lipinski definition) is 7. The van der Waals surface area contributed by atoms with Crippen LogP contribution < -0.4 is 19.7 Å². The first-order valence-corrected chi connectivity index (χ1v) is 13.9. The van der Waals surface area contributed by atoms with Crippen LogP contribution in [0.25, 0.3) is 11.4 Å². The number of alkyl halides is 3. The maximum absolute atomic E-state index is 14.5. The Balaban J connectivity index is 1.63. The molecule has 2 aliphatic heterocycles. The SMILES string of the molecule is COc1nc(OCC(F)(F)F)ncc1-c1nc2c(n1C(C)C)C1(C(=O)Nc3cc(C)ccc31)N(c1cc(Cl)ccc1C)C2=O. The zero-order valence-electron chi connectivity index (χ0n) is 24.2. The molecule has 4 aromatic rings. The Hall–Kier alpha value is -4.65. The third-order valence-electron chi connectivity index (χ3n) is 7.60. The highest BCUT2D eigenvalue weighted by atomic mass is 35.5. The number of amides is 2. The second kappa shape index (κ2) is 10.2. The van der Waals surface area contributed by atoms with Crippen molar-refractivity contribution in [2.45, 2.75) is 45.5 Å². The first-order valence-electron chi connectivity index (χ1n) is 13.5. The van der Waals surface area contributed by atoms with Crippen LogP contribution in [0.15, 0.2) is 42.6 Å². The first-order chi connectivity index (χ1) is 20.8. The zero-order chi connectivity index (χ0) is 31.7. The van der Waals surface area contributed by atoms with E-state index in [9.17, 15) is 22.8 Å². The number of imidazole rings is 1. The normalized spacial score (nSPS) is 17.4. The quantitative estimate of drug-likeness (QED) is 0.280. The number of ether oxygens (including phenoxy) is 2. The predicted octanol–water partition coefficient (Wildman–Crippen LogP) is 6.00. The van der Waals surface area contributed by atoms with Gasteiger partial charge in [-0.25, -0.2) is 9.97 Å². The fourth-order valence-corrected chi connectivity index (χ4v) is 6.01. The summed E-state index contributed by atoms with van der Waals surface area (Å²) in [7, 11) is 1.29. The number of fused-ring (bicyclic) bond motifs is 4. The number of nitrogens with one attached hydrogen (secondary N) is 1. The summed E-state index contributed by atoms with van der Waals surface area (Å²) in [6.07, 6.45) is -3.38. The number of anilines is 2. The number of aromatic nitrogens is 4. The molecular weight excluding hydrogens is 601 g/mol. The van der Waals surface area contributed by atoms with Crippen LogP contribution in [0.5, 0.6) is 11.9 Å². The van der Waals surface area contributed by atoms with E-state index in [2.05, 4.69) is 15.3 Å². The Morgan fingerprint density at radius 2 is 1.84 bits per heavy atom. The van der Waals surface area contributed by atoms with Crippen LogP contribution in [0.3, 0.4) is 0 Å². The van der Waals surface area contributed by atoms with Gasteiger partial charge in [0.25, 0.3) is 11.8 Å². The van der Waals surface area contributed by atoms with Gasteiger partial charge in [-0.15, -0.1) is 0 Å². The Morgan fingerprint density at radius 3 is 2.52 bits per heavy atom. The third kappa shape index (κ3) is 4.36. The second-order valence-electron chi connectivity index (χ2n) is 10.9. The molecule has 4 heterocycles. The third-order valence-corrected chi connectivity index (χ3v) is 7.83. The largest absolute Gasteiger partial charge is 0.480 e. The number of nitrogens with zero attached hydrogens (tertiary/aromatic N) is 5. The van der Waals surface area contributed by atoms with Gasteiger partial charge in [-0.1, -0.05) is 29.8 Å². The smallest absolute Gasteiger partial charge is 0.422 e. The summed E-state index contributed by atoms with van der Waals surface area (Å²) in [5, 5.41) is 3.35. The Kier molecular flexibility index (Phi) is 6.83. The Bertz CT molecular complexity index is 1860. The molecule has 1 atom stereocenters. The second-order valence-corrected chi connectivity index (χ2v) is 11.3. The van der Waals surface area contributed by atoms with E-state index in [0.717, 1.165) is 5.56 Å². The summed E-state index contributed by atoms with van der Waals surface area (Å²) in [5.74, 6) is -0.942. The maximum Gasteiger partial charge on any atom is 0.422 e. The topological polar surface area (TPSA) is 111 Å². The standard InChI is InChI=1S/C30H26ClF3N6O4/c1-14(2)39-23-22(37-24(39)18-12-35-28(38-25(18)43-5)44-13-29(32,33)34)26(41)40(21-11-17(31)8-7-16(21)4)30(23)19-9-6-15(3)10-20(19)36-27(30)42/h6-12,14H,13H2,1-5H3,(H,36,42). The number of carbonyl (C=O) groups excluding carboxylic acids is 2. The van der Waals surface area contributed by atoms with Crippen molar-refractivity contribution in [2.24, 2.45) is 0 Å². The molecular formula is C30H26ClF3N6O4. The van der Waals surface area contributed by atoms with Gasteiger partial charge in [-0.3, -0.25) is 14.5 Å². The van der Waals surface area contributed by atoms with Crippen molar-refractivity contribution in [3.8, 4) is 23.3 Å². The molecule has 0 bridgehead atoms. The van der Waals surface area contributed by atoms with Crippen molar-refractivity contribution in [3.05, 3.63) is 75.7 Å². The van der Waals surface area contributed by atoms with Crippen LogP contribution in [-0.2, 0) is 10.3 Å². The van der Waals surface area contributed by atoms with Crippen LogP contribution in [0.1, 0.15) is 52.8 Å². The van der Waals surface area contributed by atoms with Crippen LogP contribution >= 0.6 is 11.6 Å². The highest BCUT2D eigenvalue weighted by molar-refractivity contribution is 6.31. The lowest BCUT2D eigenvalue weighted by Crippen LogP contribution is -2.51. The molecule has 1 unspecified atom stereocenters. The van der Waals surface area contributed by atoms with Crippen LogP contribution in [0.4, 0.5) is 24.5 Å². The highest BCUT2D eigenvalue weighted by Gasteiger charge is 2.64. The van der Waals surface area contributed by atoms with E-state index >= 15 is 0 Å². The van der Waals surface area contributed by atoms with Crippen molar-refractivity contribution in [2.75, 3.05) is 23.9 Å². The van der Waals surface area contributed by atoms with Gasteiger partial charge in [0.1, 0.15) is 5.82 Å². The van der Waals surface area contributed by atoms with Gasteiger partial charge in [0, 0.05) is 28.5 Å². The fourth-order valence-electron chi connectivity index (χ4n) is 5.84. The van der Waals surface area contributed by atoms with Crippen molar-refractivity contribution in [3.63, 3.8) is 0 Å². The van der Waals surface area contributed by atoms with Crippen molar-refractivity contribution < 1.29 is 32.2 Å². The monoisotopic (exact) mass is 626 g/mol. The molecule has 10 nitrogen and oxygen atoms in total. The summed E-state index contributed by atoms with van der Waals surface area (Å²) in [6, 6.07) is 9.69. The number of rotatable bonds is 6. The average Bonchev–Trinajstić information content (AvgIpc) is 3.56. The van der Waals surface area contributed by atoms with Crippen molar-refractivity contribution >= 4 is 34.8 Å².